The first-order valence-electron chi connectivity index (χ1n) is 6.72. The number of anilines is 1. The van der Waals surface area contributed by atoms with Gasteiger partial charge in [0.2, 0.25) is 5.91 Å². The third-order valence-electron chi connectivity index (χ3n) is 3.19. The van der Waals surface area contributed by atoms with E-state index in [0.717, 1.165) is 5.56 Å². The first kappa shape index (κ1) is 14.7. The number of nitrogens with two attached hydrogens (primary N) is 1. The first-order valence-corrected chi connectivity index (χ1v) is 8.42. The SMILES string of the molecule is CN(Cc1cc2sccc2s1)C(=O)C=Cc1ccc(N)nc1. The molecule has 0 bridgehead atoms. The second-order valence-corrected chi connectivity index (χ2v) is 7.02. The lowest BCUT2D eigenvalue weighted by atomic mass is 10.2. The van der Waals surface area contributed by atoms with E-state index in [1.807, 2.05) is 13.1 Å². The van der Waals surface area contributed by atoms with Crippen LogP contribution in [0.5, 0.6) is 0 Å². The summed E-state index contributed by atoms with van der Waals surface area (Å²) in [5.74, 6) is 0.437. The molecule has 0 atom stereocenters. The van der Waals surface area contributed by atoms with Gasteiger partial charge in [-0.1, -0.05) is 0 Å². The number of rotatable bonds is 4. The molecule has 0 aromatic carbocycles. The first-order chi connectivity index (χ1) is 10.6. The number of hydrogen-bond acceptors (Lipinski definition) is 5. The molecule has 6 heteroatoms. The van der Waals surface area contributed by atoms with Crippen molar-refractivity contribution in [1.82, 2.24) is 9.88 Å². The predicted octanol–water partition coefficient (Wildman–Crippen LogP) is 3.61. The zero-order valence-electron chi connectivity index (χ0n) is 12.0. The van der Waals surface area contributed by atoms with E-state index >= 15 is 0 Å². The van der Waals surface area contributed by atoms with E-state index < -0.39 is 0 Å². The molecule has 3 aromatic heterocycles. The smallest absolute Gasteiger partial charge is 0.246 e. The van der Waals surface area contributed by atoms with Crippen LogP contribution in [0.15, 0.2) is 41.9 Å². The minimum Gasteiger partial charge on any atom is -0.384 e. The summed E-state index contributed by atoms with van der Waals surface area (Å²) in [6.07, 6.45) is 4.95. The van der Waals surface area contributed by atoms with Gasteiger partial charge in [-0.2, -0.15) is 0 Å². The van der Waals surface area contributed by atoms with E-state index in [1.165, 1.54) is 14.3 Å². The second kappa shape index (κ2) is 6.29. The predicted molar refractivity (Wildman–Crippen MR) is 93.9 cm³/mol. The molecule has 4 nitrogen and oxygen atoms in total. The number of pyridine rings is 1. The number of nitrogens with zero attached hydrogens (tertiary/aromatic N) is 2. The minimum atomic E-state index is -0.0337. The van der Waals surface area contributed by atoms with Crippen molar-refractivity contribution in [2.75, 3.05) is 12.8 Å². The fourth-order valence-electron chi connectivity index (χ4n) is 2.02. The summed E-state index contributed by atoms with van der Waals surface area (Å²) in [5, 5.41) is 2.09. The van der Waals surface area contributed by atoms with Gasteiger partial charge < -0.3 is 10.6 Å². The van der Waals surface area contributed by atoms with E-state index in [-0.39, 0.29) is 5.91 Å². The molecule has 0 aliphatic rings. The van der Waals surface area contributed by atoms with E-state index in [4.69, 9.17) is 5.73 Å². The van der Waals surface area contributed by atoms with Gasteiger partial charge in [0.15, 0.2) is 0 Å². The van der Waals surface area contributed by atoms with Gasteiger partial charge >= 0.3 is 0 Å². The average Bonchev–Trinajstić information content (AvgIpc) is 3.07. The van der Waals surface area contributed by atoms with Gasteiger partial charge in [0.25, 0.3) is 0 Å². The van der Waals surface area contributed by atoms with Crippen LogP contribution in [0.4, 0.5) is 5.82 Å². The number of likely N-dealkylation sites (N-methyl/N-ethyl adjacent to an activating group) is 1. The van der Waals surface area contributed by atoms with Gasteiger partial charge in [-0.05, 0) is 41.3 Å². The highest BCUT2D eigenvalue weighted by molar-refractivity contribution is 7.26. The van der Waals surface area contributed by atoms with Gasteiger partial charge in [0.1, 0.15) is 5.82 Å². The number of fused-ring (bicyclic) bond motifs is 1. The van der Waals surface area contributed by atoms with Crippen LogP contribution in [0, 0.1) is 0 Å². The van der Waals surface area contributed by atoms with Gasteiger partial charge in [0, 0.05) is 33.6 Å². The van der Waals surface area contributed by atoms with E-state index in [0.29, 0.717) is 12.4 Å². The number of aromatic nitrogens is 1. The Morgan fingerprint density at radius 3 is 2.95 bits per heavy atom. The molecule has 0 fully saturated rings. The highest BCUT2D eigenvalue weighted by atomic mass is 32.1. The topological polar surface area (TPSA) is 59.2 Å². The van der Waals surface area contributed by atoms with Crippen LogP contribution in [0.3, 0.4) is 0 Å². The van der Waals surface area contributed by atoms with E-state index in [9.17, 15) is 4.79 Å². The molecule has 0 aliphatic heterocycles. The Labute approximate surface area is 136 Å². The molecule has 3 rings (SSSR count). The Kier molecular flexibility index (Phi) is 4.22. The lowest BCUT2D eigenvalue weighted by Crippen LogP contribution is -2.23. The number of thiophene rings is 2. The van der Waals surface area contributed by atoms with Gasteiger partial charge in [-0.25, -0.2) is 4.98 Å². The standard InChI is InChI=1S/C16H15N3OS2/c1-19(10-12-8-14-13(22-12)6-7-21-14)16(20)5-3-11-2-4-15(17)18-9-11/h2-9H,10H2,1H3,(H2,17,18). The largest absolute Gasteiger partial charge is 0.384 e. The molecule has 22 heavy (non-hydrogen) atoms. The molecule has 1 amide bonds. The number of carbonyl (C=O) groups excluding carboxylic acids is 1. The molecule has 3 heterocycles. The molecule has 3 aromatic rings. The lowest BCUT2D eigenvalue weighted by Gasteiger charge is -2.13. The van der Waals surface area contributed by atoms with Crippen molar-refractivity contribution in [2.45, 2.75) is 6.54 Å². The lowest BCUT2D eigenvalue weighted by molar-refractivity contribution is -0.125. The normalized spacial score (nSPS) is 11.3. The van der Waals surface area contributed by atoms with Crippen LogP contribution in [-0.2, 0) is 11.3 Å². The Bertz CT molecular complexity index is 789. The monoisotopic (exact) mass is 329 g/mol. The average molecular weight is 329 g/mol. The number of carbonyl (C=O) groups is 1. The number of nitrogen functional groups attached to an aromatic ring is 1. The molecule has 0 spiro atoms. The Morgan fingerprint density at radius 2 is 2.23 bits per heavy atom. The van der Waals surface area contributed by atoms with Crippen molar-refractivity contribution in [1.29, 1.82) is 0 Å². The third kappa shape index (κ3) is 3.35. The Balaban J connectivity index is 1.63. The van der Waals surface area contributed by atoms with Crippen LogP contribution in [-0.4, -0.2) is 22.8 Å². The maximum atomic E-state index is 12.1. The van der Waals surface area contributed by atoms with Gasteiger partial charge in [-0.15, -0.1) is 22.7 Å². The zero-order valence-corrected chi connectivity index (χ0v) is 13.7. The quantitative estimate of drug-likeness (QED) is 0.744. The third-order valence-corrected chi connectivity index (χ3v) is 5.27. The zero-order chi connectivity index (χ0) is 15.5. The molecule has 0 unspecified atom stereocenters. The molecule has 112 valence electrons. The van der Waals surface area contributed by atoms with Gasteiger partial charge in [-0.3, -0.25) is 4.79 Å². The maximum Gasteiger partial charge on any atom is 0.246 e. The number of hydrogen-bond donors (Lipinski definition) is 1. The fourth-order valence-corrected chi connectivity index (χ4v) is 4.20. The van der Waals surface area contributed by atoms with E-state index in [1.54, 1.807) is 52.0 Å². The Hall–Kier alpha value is -2.18. The van der Waals surface area contributed by atoms with Crippen molar-refractivity contribution in [3.8, 4) is 0 Å². The summed E-state index contributed by atoms with van der Waals surface area (Å²) in [6.45, 7) is 0.620. The summed E-state index contributed by atoms with van der Waals surface area (Å²) in [7, 11) is 1.81. The van der Waals surface area contributed by atoms with Crippen LogP contribution in [0.25, 0.3) is 15.5 Å². The summed E-state index contributed by atoms with van der Waals surface area (Å²) in [5.41, 5.74) is 6.39. The van der Waals surface area contributed by atoms with Crippen LogP contribution < -0.4 is 5.73 Å². The fraction of sp³-hybridized carbons (Fsp3) is 0.125. The summed E-state index contributed by atoms with van der Waals surface area (Å²) in [4.78, 5) is 19.0. The molecule has 0 saturated heterocycles. The van der Waals surface area contributed by atoms with Crippen molar-refractivity contribution in [3.63, 3.8) is 0 Å². The molecule has 0 radical (unpaired) electrons. The summed E-state index contributed by atoms with van der Waals surface area (Å²) < 4.78 is 2.56. The summed E-state index contributed by atoms with van der Waals surface area (Å²) >= 11 is 3.46. The van der Waals surface area contributed by atoms with E-state index in [2.05, 4.69) is 22.5 Å². The second-order valence-electron chi connectivity index (χ2n) is 4.91. The molecular formula is C16H15N3OS2. The molecule has 0 aliphatic carbocycles. The van der Waals surface area contributed by atoms with Crippen molar-refractivity contribution >= 4 is 49.9 Å². The molecular weight excluding hydrogens is 314 g/mol. The maximum absolute atomic E-state index is 12.1. The van der Waals surface area contributed by atoms with Crippen molar-refractivity contribution in [2.24, 2.45) is 0 Å². The minimum absolute atomic E-state index is 0.0337. The van der Waals surface area contributed by atoms with Crippen LogP contribution in [0.1, 0.15) is 10.4 Å². The van der Waals surface area contributed by atoms with Crippen molar-refractivity contribution < 1.29 is 4.79 Å². The van der Waals surface area contributed by atoms with Crippen molar-refractivity contribution in [3.05, 3.63) is 52.4 Å². The van der Waals surface area contributed by atoms with Gasteiger partial charge in [0.05, 0.1) is 6.54 Å². The van der Waals surface area contributed by atoms with Crippen LogP contribution >= 0.6 is 22.7 Å². The highest BCUT2D eigenvalue weighted by Crippen LogP contribution is 2.30. The number of amides is 1. The molecule has 2 N–H and O–H groups in total. The van der Waals surface area contributed by atoms with Crippen LogP contribution in [0.2, 0.25) is 0 Å². The Morgan fingerprint density at radius 1 is 1.36 bits per heavy atom. The molecule has 0 saturated carbocycles. The highest BCUT2D eigenvalue weighted by Gasteiger charge is 2.09. The summed E-state index contributed by atoms with van der Waals surface area (Å²) in [6, 6.07) is 7.82.